The Morgan fingerprint density at radius 3 is 2.41 bits per heavy atom. The van der Waals surface area contributed by atoms with Crippen LogP contribution in [0.1, 0.15) is 13.8 Å². The normalized spacial score (nSPS) is 10.8. The van der Waals surface area contributed by atoms with E-state index in [1.165, 1.54) is 24.3 Å². The lowest BCUT2D eigenvalue weighted by atomic mass is 10.3. The molecule has 1 rings (SSSR count). The second kappa shape index (κ2) is 5.11. The molecule has 0 unspecified atom stereocenters. The Labute approximate surface area is 100 Å². The molecular formula is C11H14N2O3S. The average Bonchev–Trinajstić information content (AvgIpc) is 2.15. The number of amides is 1. The molecule has 3 N–H and O–H groups in total. The Bertz CT molecular complexity index is 558. The summed E-state index contributed by atoms with van der Waals surface area (Å²) in [5.41, 5.74) is 0.994. The quantitative estimate of drug-likeness (QED) is 0.795. The van der Waals surface area contributed by atoms with Gasteiger partial charge < -0.3 is 5.32 Å². The summed E-state index contributed by atoms with van der Waals surface area (Å²) in [5.74, 6) is -0.388. The van der Waals surface area contributed by atoms with Gasteiger partial charge in [-0.05, 0) is 26.0 Å². The van der Waals surface area contributed by atoms with Gasteiger partial charge in [0.2, 0.25) is 15.9 Å². The first-order valence-electron chi connectivity index (χ1n) is 4.88. The largest absolute Gasteiger partial charge is 0.321 e. The van der Waals surface area contributed by atoms with Crippen LogP contribution in [0.5, 0.6) is 0 Å². The van der Waals surface area contributed by atoms with Gasteiger partial charge in [0.1, 0.15) is 4.90 Å². The SMILES string of the molecule is CC(C)=CC(=O)Nc1ccccc1S(N)(=O)=O. The molecule has 0 saturated heterocycles. The van der Waals surface area contributed by atoms with Crippen LogP contribution in [0, 0.1) is 0 Å². The summed E-state index contributed by atoms with van der Waals surface area (Å²) in [6.45, 7) is 3.54. The van der Waals surface area contributed by atoms with Crippen molar-refractivity contribution in [3.05, 3.63) is 35.9 Å². The Morgan fingerprint density at radius 1 is 1.29 bits per heavy atom. The monoisotopic (exact) mass is 254 g/mol. The third-order valence-electron chi connectivity index (χ3n) is 1.87. The van der Waals surface area contributed by atoms with Crippen LogP contribution < -0.4 is 10.5 Å². The van der Waals surface area contributed by atoms with E-state index < -0.39 is 10.0 Å². The van der Waals surface area contributed by atoms with E-state index in [0.717, 1.165) is 5.57 Å². The Kier molecular flexibility index (Phi) is 4.03. The molecule has 0 aliphatic heterocycles. The van der Waals surface area contributed by atoms with Gasteiger partial charge in [-0.3, -0.25) is 4.79 Å². The number of rotatable bonds is 3. The van der Waals surface area contributed by atoms with Crippen molar-refractivity contribution in [2.75, 3.05) is 5.32 Å². The zero-order valence-corrected chi connectivity index (χ0v) is 10.4. The van der Waals surface area contributed by atoms with Crippen molar-refractivity contribution in [3.8, 4) is 0 Å². The van der Waals surface area contributed by atoms with E-state index >= 15 is 0 Å². The number of anilines is 1. The number of primary sulfonamides is 1. The summed E-state index contributed by atoms with van der Waals surface area (Å²) >= 11 is 0. The molecule has 6 heteroatoms. The lowest BCUT2D eigenvalue weighted by Gasteiger charge is -2.07. The Hall–Kier alpha value is -1.66. The molecule has 0 radical (unpaired) electrons. The third-order valence-corrected chi connectivity index (χ3v) is 2.84. The molecule has 0 spiro atoms. The molecule has 0 heterocycles. The number of carbonyl (C=O) groups excluding carboxylic acids is 1. The van der Waals surface area contributed by atoms with Crippen molar-refractivity contribution in [3.63, 3.8) is 0 Å². The van der Waals surface area contributed by atoms with E-state index in [-0.39, 0.29) is 16.5 Å². The molecule has 1 amide bonds. The van der Waals surface area contributed by atoms with Gasteiger partial charge in [-0.2, -0.15) is 0 Å². The summed E-state index contributed by atoms with van der Waals surface area (Å²) in [6, 6.07) is 5.98. The number of benzene rings is 1. The van der Waals surface area contributed by atoms with Gasteiger partial charge in [-0.1, -0.05) is 17.7 Å². The minimum Gasteiger partial charge on any atom is -0.321 e. The molecule has 92 valence electrons. The molecule has 0 bridgehead atoms. The molecular weight excluding hydrogens is 240 g/mol. The van der Waals surface area contributed by atoms with E-state index in [0.29, 0.717) is 0 Å². The molecule has 0 aliphatic carbocycles. The minimum absolute atomic E-state index is 0.101. The minimum atomic E-state index is -3.84. The molecule has 17 heavy (non-hydrogen) atoms. The maximum atomic E-state index is 11.5. The van der Waals surface area contributed by atoms with Crippen LogP contribution >= 0.6 is 0 Å². The van der Waals surface area contributed by atoms with Gasteiger partial charge >= 0.3 is 0 Å². The first-order chi connectivity index (χ1) is 7.80. The fourth-order valence-corrected chi connectivity index (χ4v) is 1.94. The number of hydrogen-bond acceptors (Lipinski definition) is 3. The van der Waals surface area contributed by atoms with Crippen LogP contribution in [0.4, 0.5) is 5.69 Å². The number of carbonyl (C=O) groups is 1. The van der Waals surface area contributed by atoms with E-state index in [9.17, 15) is 13.2 Å². The lowest BCUT2D eigenvalue weighted by Crippen LogP contribution is -2.17. The van der Waals surface area contributed by atoms with Crippen LogP contribution in [-0.4, -0.2) is 14.3 Å². The van der Waals surface area contributed by atoms with Crippen molar-refractivity contribution in [1.29, 1.82) is 0 Å². The van der Waals surface area contributed by atoms with Gasteiger partial charge in [-0.15, -0.1) is 0 Å². The highest BCUT2D eigenvalue weighted by molar-refractivity contribution is 7.89. The molecule has 0 saturated carbocycles. The first-order valence-corrected chi connectivity index (χ1v) is 6.43. The van der Waals surface area contributed by atoms with Gasteiger partial charge in [-0.25, -0.2) is 13.6 Å². The highest BCUT2D eigenvalue weighted by Crippen LogP contribution is 2.19. The van der Waals surface area contributed by atoms with Crippen molar-refractivity contribution in [2.24, 2.45) is 5.14 Å². The fraction of sp³-hybridized carbons (Fsp3) is 0.182. The highest BCUT2D eigenvalue weighted by atomic mass is 32.2. The molecule has 0 atom stereocenters. The molecule has 5 nitrogen and oxygen atoms in total. The molecule has 1 aromatic carbocycles. The van der Waals surface area contributed by atoms with Gasteiger partial charge in [0.15, 0.2) is 0 Å². The Morgan fingerprint density at radius 2 is 1.88 bits per heavy atom. The van der Waals surface area contributed by atoms with Crippen LogP contribution in [-0.2, 0) is 14.8 Å². The van der Waals surface area contributed by atoms with Crippen molar-refractivity contribution < 1.29 is 13.2 Å². The number of nitrogens with one attached hydrogen (secondary N) is 1. The second-order valence-corrected chi connectivity index (χ2v) is 5.28. The molecule has 0 fully saturated rings. The predicted molar refractivity (Wildman–Crippen MR) is 65.9 cm³/mol. The summed E-state index contributed by atoms with van der Waals surface area (Å²) in [5, 5.41) is 7.51. The van der Waals surface area contributed by atoms with E-state index in [4.69, 9.17) is 5.14 Å². The standard InChI is InChI=1S/C11H14N2O3S/c1-8(2)7-11(14)13-9-5-3-4-6-10(9)17(12,15)16/h3-7H,1-2H3,(H,13,14)(H2,12,15,16). The second-order valence-electron chi connectivity index (χ2n) is 3.75. The Balaban J connectivity index is 3.09. The number of allylic oxidation sites excluding steroid dienone is 1. The number of sulfonamides is 1. The van der Waals surface area contributed by atoms with Crippen LogP contribution in [0.2, 0.25) is 0 Å². The van der Waals surface area contributed by atoms with Gasteiger partial charge in [0, 0.05) is 6.08 Å². The smallest absolute Gasteiger partial charge is 0.248 e. The van der Waals surface area contributed by atoms with Crippen LogP contribution in [0.3, 0.4) is 0 Å². The summed E-state index contributed by atoms with van der Waals surface area (Å²) in [4.78, 5) is 11.4. The molecule has 0 aliphatic rings. The summed E-state index contributed by atoms with van der Waals surface area (Å²) < 4.78 is 22.5. The van der Waals surface area contributed by atoms with Crippen molar-refractivity contribution in [2.45, 2.75) is 18.7 Å². The predicted octanol–water partition coefficient (Wildman–Crippen LogP) is 1.24. The highest BCUT2D eigenvalue weighted by Gasteiger charge is 2.13. The number of para-hydroxylation sites is 1. The third kappa shape index (κ3) is 4.01. The summed E-state index contributed by atoms with van der Waals surface area (Å²) in [6.07, 6.45) is 1.37. The zero-order valence-electron chi connectivity index (χ0n) is 9.60. The van der Waals surface area contributed by atoms with E-state index in [2.05, 4.69) is 5.32 Å². The average molecular weight is 254 g/mol. The zero-order chi connectivity index (χ0) is 13.1. The molecule has 0 aromatic heterocycles. The fourth-order valence-electron chi connectivity index (χ4n) is 1.25. The van der Waals surface area contributed by atoms with Crippen LogP contribution in [0.15, 0.2) is 40.8 Å². The first kappa shape index (κ1) is 13.4. The van der Waals surface area contributed by atoms with Crippen molar-refractivity contribution >= 4 is 21.6 Å². The lowest BCUT2D eigenvalue weighted by molar-refractivity contribution is -0.112. The maximum absolute atomic E-state index is 11.5. The number of hydrogen-bond donors (Lipinski definition) is 2. The topological polar surface area (TPSA) is 89.3 Å². The number of nitrogens with two attached hydrogens (primary N) is 1. The van der Waals surface area contributed by atoms with E-state index in [1.807, 2.05) is 0 Å². The van der Waals surface area contributed by atoms with Crippen LogP contribution in [0.25, 0.3) is 0 Å². The van der Waals surface area contributed by atoms with E-state index in [1.54, 1.807) is 19.9 Å². The van der Waals surface area contributed by atoms with Crippen molar-refractivity contribution in [1.82, 2.24) is 0 Å². The summed E-state index contributed by atoms with van der Waals surface area (Å²) in [7, 11) is -3.84. The van der Waals surface area contributed by atoms with Gasteiger partial charge in [0.05, 0.1) is 5.69 Å². The molecule has 1 aromatic rings. The van der Waals surface area contributed by atoms with Gasteiger partial charge in [0.25, 0.3) is 0 Å². The maximum Gasteiger partial charge on any atom is 0.248 e.